The van der Waals surface area contributed by atoms with Gasteiger partial charge in [-0.3, -0.25) is 0 Å². The maximum absolute atomic E-state index is 5.50. The van der Waals surface area contributed by atoms with Crippen molar-refractivity contribution in [2.75, 3.05) is 13.7 Å². The molecular weight excluding hydrogens is 232 g/mol. The highest BCUT2D eigenvalue weighted by Crippen LogP contribution is 2.29. The molecule has 72 valence electrons. The summed E-state index contributed by atoms with van der Waals surface area (Å²) in [5.74, 6) is 1.65. The monoisotopic (exact) mass is 244 g/mol. The molecule has 3 heteroatoms. The van der Waals surface area contributed by atoms with E-state index in [2.05, 4.69) is 22.9 Å². The van der Waals surface area contributed by atoms with Crippen molar-refractivity contribution >= 4 is 15.9 Å². The van der Waals surface area contributed by atoms with E-state index in [1.54, 1.807) is 7.11 Å². The zero-order chi connectivity index (χ0) is 9.68. The van der Waals surface area contributed by atoms with Crippen LogP contribution < -0.4 is 9.47 Å². The third-order valence-corrected chi connectivity index (χ3v) is 2.26. The molecule has 0 unspecified atom stereocenters. The maximum atomic E-state index is 5.50. The normalized spacial score (nSPS) is 9.77. The molecule has 1 rings (SSSR count). The molecule has 0 N–H and O–H groups in total. The van der Waals surface area contributed by atoms with Crippen molar-refractivity contribution in [1.29, 1.82) is 0 Å². The van der Waals surface area contributed by atoms with Crippen LogP contribution in [0.15, 0.2) is 22.7 Å². The summed E-state index contributed by atoms with van der Waals surface area (Å²) < 4.78 is 11.6. The zero-order valence-electron chi connectivity index (χ0n) is 7.84. The predicted octanol–water partition coefficient (Wildman–Crippen LogP) is 3.25. The van der Waals surface area contributed by atoms with Crippen LogP contribution in [0.2, 0.25) is 0 Å². The molecule has 0 amide bonds. The Labute approximate surface area is 87.0 Å². The molecule has 1 aromatic carbocycles. The topological polar surface area (TPSA) is 18.5 Å². The average Bonchev–Trinajstić information content (AvgIpc) is 2.17. The van der Waals surface area contributed by atoms with Crippen LogP contribution in [0.1, 0.15) is 13.3 Å². The standard InChI is InChI=1S/C10H13BrO2/c1-3-6-13-10-7-8(12-2)4-5-9(10)11/h4-5,7H,3,6H2,1-2H3. The van der Waals surface area contributed by atoms with Crippen LogP contribution in [0.25, 0.3) is 0 Å². The Balaban J connectivity index is 2.78. The smallest absolute Gasteiger partial charge is 0.137 e. The van der Waals surface area contributed by atoms with E-state index in [4.69, 9.17) is 9.47 Å². The lowest BCUT2D eigenvalue weighted by Gasteiger charge is -2.08. The SMILES string of the molecule is CCCOc1cc(OC)ccc1Br. The quantitative estimate of drug-likeness (QED) is 0.810. The molecule has 0 atom stereocenters. The summed E-state index contributed by atoms with van der Waals surface area (Å²) in [5, 5.41) is 0. The fraction of sp³-hybridized carbons (Fsp3) is 0.400. The van der Waals surface area contributed by atoms with Crippen LogP contribution in [-0.4, -0.2) is 13.7 Å². The second-order valence-electron chi connectivity index (χ2n) is 2.64. The number of methoxy groups -OCH3 is 1. The predicted molar refractivity (Wildman–Crippen MR) is 56.5 cm³/mol. The van der Waals surface area contributed by atoms with Gasteiger partial charge in [-0.1, -0.05) is 6.92 Å². The molecule has 1 aromatic rings. The number of halogens is 1. The largest absolute Gasteiger partial charge is 0.497 e. The first-order chi connectivity index (χ1) is 6.27. The molecule has 0 aromatic heterocycles. The molecular formula is C10H13BrO2. The summed E-state index contributed by atoms with van der Waals surface area (Å²) in [7, 11) is 1.65. The molecule has 0 saturated carbocycles. The summed E-state index contributed by atoms with van der Waals surface area (Å²) in [4.78, 5) is 0. The molecule has 13 heavy (non-hydrogen) atoms. The van der Waals surface area contributed by atoms with E-state index in [0.29, 0.717) is 0 Å². The molecule has 0 spiro atoms. The van der Waals surface area contributed by atoms with Gasteiger partial charge in [-0.05, 0) is 34.5 Å². The second-order valence-corrected chi connectivity index (χ2v) is 3.50. The highest BCUT2D eigenvalue weighted by molar-refractivity contribution is 9.10. The van der Waals surface area contributed by atoms with Gasteiger partial charge in [0.2, 0.25) is 0 Å². The van der Waals surface area contributed by atoms with E-state index in [9.17, 15) is 0 Å². The van der Waals surface area contributed by atoms with Crippen LogP contribution >= 0.6 is 15.9 Å². The van der Waals surface area contributed by atoms with E-state index < -0.39 is 0 Å². The van der Waals surface area contributed by atoms with Crippen molar-refractivity contribution in [3.63, 3.8) is 0 Å². The average molecular weight is 245 g/mol. The molecule has 0 saturated heterocycles. The Morgan fingerprint density at radius 1 is 1.38 bits per heavy atom. The Hall–Kier alpha value is -0.700. The first-order valence-corrected chi connectivity index (χ1v) is 5.03. The molecule has 0 aliphatic heterocycles. The lowest BCUT2D eigenvalue weighted by molar-refractivity contribution is 0.312. The van der Waals surface area contributed by atoms with Crippen LogP contribution in [0.5, 0.6) is 11.5 Å². The molecule has 0 aliphatic carbocycles. The lowest BCUT2D eigenvalue weighted by atomic mass is 10.3. The summed E-state index contributed by atoms with van der Waals surface area (Å²) in [6.45, 7) is 2.81. The minimum absolute atomic E-state index is 0.728. The molecule has 0 heterocycles. The van der Waals surface area contributed by atoms with Crippen molar-refractivity contribution < 1.29 is 9.47 Å². The van der Waals surface area contributed by atoms with Gasteiger partial charge in [0.15, 0.2) is 0 Å². The minimum atomic E-state index is 0.728. The Kier molecular flexibility index (Phi) is 4.09. The number of hydrogen-bond acceptors (Lipinski definition) is 2. The maximum Gasteiger partial charge on any atom is 0.137 e. The van der Waals surface area contributed by atoms with E-state index in [-0.39, 0.29) is 0 Å². The Morgan fingerprint density at radius 3 is 2.77 bits per heavy atom. The van der Waals surface area contributed by atoms with E-state index in [1.165, 1.54) is 0 Å². The summed E-state index contributed by atoms with van der Waals surface area (Å²) in [6.07, 6.45) is 1.00. The summed E-state index contributed by atoms with van der Waals surface area (Å²) >= 11 is 3.41. The Morgan fingerprint density at radius 2 is 2.15 bits per heavy atom. The van der Waals surface area contributed by atoms with E-state index in [1.807, 2.05) is 18.2 Å². The fourth-order valence-corrected chi connectivity index (χ4v) is 1.29. The molecule has 0 bridgehead atoms. The van der Waals surface area contributed by atoms with Crippen molar-refractivity contribution in [2.45, 2.75) is 13.3 Å². The summed E-state index contributed by atoms with van der Waals surface area (Å²) in [5.41, 5.74) is 0. The fourth-order valence-electron chi connectivity index (χ4n) is 0.933. The number of rotatable bonds is 4. The second kappa shape index (κ2) is 5.12. The first-order valence-electron chi connectivity index (χ1n) is 4.24. The molecule has 0 radical (unpaired) electrons. The first kappa shape index (κ1) is 10.4. The van der Waals surface area contributed by atoms with Crippen LogP contribution in [0, 0.1) is 0 Å². The lowest BCUT2D eigenvalue weighted by Crippen LogP contribution is -1.96. The third kappa shape index (κ3) is 2.92. The van der Waals surface area contributed by atoms with Crippen LogP contribution in [-0.2, 0) is 0 Å². The van der Waals surface area contributed by atoms with Gasteiger partial charge in [-0.25, -0.2) is 0 Å². The van der Waals surface area contributed by atoms with E-state index in [0.717, 1.165) is 29.0 Å². The molecule has 0 fully saturated rings. The van der Waals surface area contributed by atoms with Gasteiger partial charge in [-0.15, -0.1) is 0 Å². The van der Waals surface area contributed by atoms with Crippen molar-refractivity contribution in [1.82, 2.24) is 0 Å². The molecule has 2 nitrogen and oxygen atoms in total. The van der Waals surface area contributed by atoms with E-state index >= 15 is 0 Å². The highest BCUT2D eigenvalue weighted by atomic mass is 79.9. The van der Waals surface area contributed by atoms with Crippen LogP contribution in [0.3, 0.4) is 0 Å². The minimum Gasteiger partial charge on any atom is -0.497 e. The highest BCUT2D eigenvalue weighted by Gasteiger charge is 2.01. The van der Waals surface area contributed by atoms with Gasteiger partial charge in [0.05, 0.1) is 18.2 Å². The number of ether oxygens (including phenoxy) is 2. The van der Waals surface area contributed by atoms with Crippen molar-refractivity contribution in [3.05, 3.63) is 22.7 Å². The number of benzene rings is 1. The van der Waals surface area contributed by atoms with Gasteiger partial charge >= 0.3 is 0 Å². The van der Waals surface area contributed by atoms with Crippen molar-refractivity contribution in [2.24, 2.45) is 0 Å². The third-order valence-electron chi connectivity index (χ3n) is 1.60. The van der Waals surface area contributed by atoms with Gasteiger partial charge in [-0.2, -0.15) is 0 Å². The van der Waals surface area contributed by atoms with Gasteiger partial charge < -0.3 is 9.47 Å². The summed E-state index contributed by atoms with van der Waals surface area (Å²) in [6, 6.07) is 5.69. The van der Waals surface area contributed by atoms with Gasteiger partial charge in [0.25, 0.3) is 0 Å². The Bertz CT molecular complexity index is 274. The van der Waals surface area contributed by atoms with Gasteiger partial charge in [0.1, 0.15) is 11.5 Å². The van der Waals surface area contributed by atoms with Gasteiger partial charge in [0, 0.05) is 6.07 Å². The number of hydrogen-bond donors (Lipinski definition) is 0. The van der Waals surface area contributed by atoms with Crippen molar-refractivity contribution in [3.8, 4) is 11.5 Å². The zero-order valence-corrected chi connectivity index (χ0v) is 9.43. The van der Waals surface area contributed by atoms with Crippen LogP contribution in [0.4, 0.5) is 0 Å². The molecule has 0 aliphatic rings.